The maximum atomic E-state index is 12.0. The smallest absolute Gasteiger partial charge is 0.200 e. The zero-order chi connectivity index (χ0) is 30.0. The van der Waals surface area contributed by atoms with Crippen LogP contribution in [0.1, 0.15) is 87.2 Å². The van der Waals surface area contributed by atoms with Crippen LogP contribution >= 0.6 is 0 Å². The van der Waals surface area contributed by atoms with Crippen molar-refractivity contribution < 1.29 is 34.3 Å². The minimum atomic E-state index is -0.828. The number of methoxy groups -OCH3 is 2. The minimum absolute atomic E-state index is 0.0596. The molecule has 0 spiro atoms. The number of benzene rings is 3. The molecule has 3 atom stereocenters. The number of ether oxygens (including phenoxy) is 4. The molecule has 0 saturated carbocycles. The predicted molar refractivity (Wildman–Crippen MR) is 163 cm³/mol. The first-order valence-electron chi connectivity index (χ1n) is 15.2. The monoisotopic (exact) mass is 576 g/mol. The molecule has 0 aromatic heterocycles. The van der Waals surface area contributed by atoms with Crippen LogP contribution in [0.25, 0.3) is 11.1 Å². The average Bonchev–Trinajstić information content (AvgIpc) is 2.97. The van der Waals surface area contributed by atoms with E-state index in [0.717, 1.165) is 72.8 Å². The second-order valence-corrected chi connectivity index (χ2v) is 11.9. The van der Waals surface area contributed by atoms with Gasteiger partial charge in [0.2, 0.25) is 5.75 Å². The number of unbranched alkanes of at least 4 members (excludes halogenated alkanes) is 2. The summed E-state index contributed by atoms with van der Waals surface area (Å²) in [5, 5.41) is 33.0. The molecule has 1 aliphatic carbocycles. The molecule has 2 aliphatic rings. The van der Waals surface area contributed by atoms with Crippen molar-refractivity contribution in [1.29, 1.82) is 0 Å². The third-order valence-electron chi connectivity index (χ3n) is 8.65. The van der Waals surface area contributed by atoms with Crippen LogP contribution < -0.4 is 18.9 Å². The molecule has 5 rings (SSSR count). The van der Waals surface area contributed by atoms with Crippen LogP contribution in [0.5, 0.6) is 34.5 Å². The van der Waals surface area contributed by atoms with Crippen LogP contribution in [0.15, 0.2) is 36.4 Å². The number of hydrogen-bond donors (Lipinski definition) is 3. The highest BCUT2D eigenvalue weighted by atomic mass is 16.5. The Hall–Kier alpha value is -3.58. The van der Waals surface area contributed by atoms with Gasteiger partial charge in [0.1, 0.15) is 23.4 Å². The van der Waals surface area contributed by atoms with Gasteiger partial charge in [0.05, 0.1) is 20.8 Å². The molecule has 0 fully saturated rings. The first-order chi connectivity index (χ1) is 20.3. The number of hydrogen-bond acceptors (Lipinski definition) is 7. The first-order valence-corrected chi connectivity index (χ1v) is 15.2. The number of aliphatic hydroxyl groups excluding tert-OH is 1. The van der Waals surface area contributed by atoms with E-state index in [2.05, 4.69) is 20.8 Å². The van der Waals surface area contributed by atoms with Gasteiger partial charge in [-0.2, -0.15) is 0 Å². The van der Waals surface area contributed by atoms with Gasteiger partial charge in [0.25, 0.3) is 0 Å². The fourth-order valence-corrected chi connectivity index (χ4v) is 6.43. The molecular formula is C35H44O7. The molecule has 7 heteroatoms. The summed E-state index contributed by atoms with van der Waals surface area (Å²) < 4.78 is 24.1. The maximum absolute atomic E-state index is 12.0. The number of rotatable bonds is 11. The molecule has 1 heterocycles. The normalized spacial score (nSPS) is 19.0. The quantitative estimate of drug-likeness (QED) is 0.204. The van der Waals surface area contributed by atoms with Crippen molar-refractivity contribution in [1.82, 2.24) is 0 Å². The van der Waals surface area contributed by atoms with Crippen LogP contribution in [0.3, 0.4) is 0 Å². The summed E-state index contributed by atoms with van der Waals surface area (Å²) in [5.41, 5.74) is 6.01. The fraction of sp³-hybridized carbons (Fsp3) is 0.486. The molecular weight excluding hydrogens is 532 g/mol. The van der Waals surface area contributed by atoms with E-state index < -0.39 is 12.2 Å². The minimum Gasteiger partial charge on any atom is -0.508 e. The number of phenols is 2. The van der Waals surface area contributed by atoms with Crippen molar-refractivity contribution in [3.63, 3.8) is 0 Å². The van der Waals surface area contributed by atoms with Gasteiger partial charge < -0.3 is 34.3 Å². The molecule has 0 bridgehead atoms. The number of aromatic hydroxyl groups is 2. The fourth-order valence-electron chi connectivity index (χ4n) is 6.43. The lowest BCUT2D eigenvalue weighted by atomic mass is 9.74. The van der Waals surface area contributed by atoms with Crippen LogP contribution in [-0.4, -0.2) is 42.3 Å². The van der Waals surface area contributed by atoms with E-state index in [1.807, 2.05) is 18.2 Å². The lowest BCUT2D eigenvalue weighted by Crippen LogP contribution is -2.35. The van der Waals surface area contributed by atoms with Gasteiger partial charge in [-0.15, -0.1) is 0 Å². The van der Waals surface area contributed by atoms with Gasteiger partial charge >= 0.3 is 0 Å². The van der Waals surface area contributed by atoms with Crippen molar-refractivity contribution in [3.05, 3.63) is 58.7 Å². The van der Waals surface area contributed by atoms with Gasteiger partial charge in [-0.1, -0.05) is 46.1 Å². The van der Waals surface area contributed by atoms with Crippen LogP contribution in [0.2, 0.25) is 0 Å². The van der Waals surface area contributed by atoms with Crippen LogP contribution in [0.4, 0.5) is 0 Å². The molecule has 3 aromatic rings. The van der Waals surface area contributed by atoms with Gasteiger partial charge in [0.15, 0.2) is 17.6 Å². The molecule has 0 unspecified atom stereocenters. The largest absolute Gasteiger partial charge is 0.508 e. The molecule has 7 nitrogen and oxygen atoms in total. The molecule has 0 radical (unpaired) electrons. The van der Waals surface area contributed by atoms with Crippen molar-refractivity contribution in [3.8, 4) is 45.6 Å². The molecule has 0 amide bonds. The van der Waals surface area contributed by atoms with Gasteiger partial charge in [-0.25, -0.2) is 0 Å². The topological polar surface area (TPSA) is 97.6 Å². The zero-order valence-corrected chi connectivity index (χ0v) is 25.4. The van der Waals surface area contributed by atoms with Crippen LogP contribution in [-0.2, 0) is 12.8 Å². The van der Waals surface area contributed by atoms with Crippen LogP contribution in [0, 0.1) is 5.92 Å². The Kier molecular flexibility index (Phi) is 9.07. The SMILES string of the molecule is CCCCC[C@@H]1c2c(cc(OC)c3c2CCc2cc(O)ccc2-3)O[C@@H](c2cc(OC)c(O)c(OCCC(C)C)c2)[C@@H]1O. The number of aliphatic hydroxyl groups is 1. The lowest BCUT2D eigenvalue weighted by Gasteiger charge is -2.40. The first kappa shape index (κ1) is 29.9. The van der Waals surface area contributed by atoms with E-state index in [-0.39, 0.29) is 23.2 Å². The van der Waals surface area contributed by atoms with Gasteiger partial charge in [-0.3, -0.25) is 0 Å². The molecule has 42 heavy (non-hydrogen) atoms. The Morgan fingerprint density at radius 1 is 0.952 bits per heavy atom. The number of fused-ring (bicyclic) bond motifs is 5. The highest BCUT2D eigenvalue weighted by molar-refractivity contribution is 5.82. The van der Waals surface area contributed by atoms with Gasteiger partial charge in [0, 0.05) is 28.7 Å². The standard InChI is InChI=1S/C35H44O7/c1-6-7-8-9-26-32-25-12-10-21-16-23(36)11-13-24(21)31(25)27(39-4)19-28(32)42-35(33(26)37)22-17-29(40-5)34(38)30(18-22)41-15-14-20(2)3/h11,13,16-20,26,33,35-38H,6-10,12,14-15H2,1-5H3/t26-,33-,35+/m1/s1. The summed E-state index contributed by atoms with van der Waals surface area (Å²) >= 11 is 0. The summed E-state index contributed by atoms with van der Waals surface area (Å²) in [6.45, 7) is 6.88. The van der Waals surface area contributed by atoms with Gasteiger partial charge in [-0.05, 0) is 72.6 Å². The Morgan fingerprint density at radius 2 is 1.71 bits per heavy atom. The number of phenolic OH excluding ortho intramolecular Hbond substituents is 2. The van der Waals surface area contributed by atoms with Crippen molar-refractivity contribution in [2.45, 2.75) is 83.8 Å². The summed E-state index contributed by atoms with van der Waals surface area (Å²) in [4.78, 5) is 0. The third-order valence-corrected chi connectivity index (χ3v) is 8.65. The Balaban J connectivity index is 1.61. The molecule has 0 saturated heterocycles. The van der Waals surface area contributed by atoms with Crippen molar-refractivity contribution in [2.75, 3.05) is 20.8 Å². The van der Waals surface area contributed by atoms with E-state index in [9.17, 15) is 15.3 Å². The molecule has 3 aromatic carbocycles. The Labute approximate surface area is 249 Å². The Bertz CT molecular complexity index is 1410. The third kappa shape index (κ3) is 5.71. The molecule has 3 N–H and O–H groups in total. The van der Waals surface area contributed by atoms with E-state index in [4.69, 9.17) is 18.9 Å². The zero-order valence-electron chi connectivity index (χ0n) is 25.4. The van der Waals surface area contributed by atoms with E-state index >= 15 is 0 Å². The summed E-state index contributed by atoms with van der Waals surface area (Å²) in [5.74, 6) is 2.50. The summed E-state index contributed by atoms with van der Waals surface area (Å²) in [6, 6.07) is 10.9. The van der Waals surface area contributed by atoms with E-state index in [1.54, 1.807) is 25.3 Å². The van der Waals surface area contributed by atoms with E-state index in [0.29, 0.717) is 35.3 Å². The van der Waals surface area contributed by atoms with E-state index in [1.165, 1.54) is 7.11 Å². The highest BCUT2D eigenvalue weighted by Crippen LogP contribution is 2.54. The predicted octanol–water partition coefficient (Wildman–Crippen LogP) is 7.46. The van der Waals surface area contributed by atoms with Crippen molar-refractivity contribution in [2.24, 2.45) is 5.92 Å². The molecule has 1 aliphatic heterocycles. The average molecular weight is 577 g/mol. The summed E-state index contributed by atoms with van der Waals surface area (Å²) in [7, 11) is 3.17. The maximum Gasteiger partial charge on any atom is 0.200 e. The Morgan fingerprint density at radius 3 is 2.43 bits per heavy atom. The summed E-state index contributed by atoms with van der Waals surface area (Å²) in [6.07, 6.45) is 4.82. The number of aryl methyl sites for hydroxylation is 1. The molecule has 226 valence electrons. The second kappa shape index (κ2) is 12.7. The second-order valence-electron chi connectivity index (χ2n) is 11.9. The lowest BCUT2D eigenvalue weighted by molar-refractivity contribution is -0.00354. The highest BCUT2D eigenvalue weighted by Gasteiger charge is 2.42. The van der Waals surface area contributed by atoms with Crippen molar-refractivity contribution >= 4 is 0 Å².